The van der Waals surface area contributed by atoms with Gasteiger partial charge in [-0.15, -0.1) is 0 Å². The molecule has 0 aliphatic rings. The Bertz CT molecular complexity index is 3760. The van der Waals surface area contributed by atoms with E-state index >= 15 is 0 Å². The number of benzene rings is 11. The first-order valence-corrected chi connectivity index (χ1v) is 23.4. The zero-order valence-electron chi connectivity index (χ0n) is 37.3. The molecule has 13 aromatic rings. The fraction of sp³-hybridized carbons (Fsp3) is 0. The monoisotopic (exact) mass is 864 g/mol. The minimum absolute atomic E-state index is 1.14. The maximum atomic E-state index is 2.43. The largest absolute Gasteiger partial charge is 0.309 e. The molecule has 0 aliphatic carbocycles. The second-order valence-electron chi connectivity index (χ2n) is 17.7. The van der Waals surface area contributed by atoms with E-state index in [1.54, 1.807) is 0 Å². The Hall–Kier alpha value is -8.98. The number of hydrogen-bond donors (Lipinski definition) is 0. The lowest BCUT2D eigenvalue weighted by Gasteiger charge is -2.14. The standard InChI is InChI=1S/C66H44N2/c1-6-17-45(18-7-1)48-23-16-24-49(37-48)54-38-55(52-29-33-59-61-41-50(46-19-8-2-9-20-46)31-35-63(61)67(65(59)43-52)57-25-12-4-13-26-57)40-56(39-54)53-30-34-60-62-42-51(47-21-10-3-11-22-47)32-36-64(62)68(66(60)44-53)58-27-14-5-15-28-58/h1-44H. The van der Waals surface area contributed by atoms with E-state index in [0.29, 0.717) is 0 Å². The topological polar surface area (TPSA) is 9.86 Å². The van der Waals surface area contributed by atoms with Crippen LogP contribution < -0.4 is 0 Å². The van der Waals surface area contributed by atoms with Crippen LogP contribution in [0.5, 0.6) is 0 Å². The fourth-order valence-electron chi connectivity index (χ4n) is 10.4. The van der Waals surface area contributed by atoms with Crippen LogP contribution in [0.3, 0.4) is 0 Å². The Morgan fingerprint density at radius 3 is 0.853 bits per heavy atom. The molecule has 0 unspecified atom stereocenters. The molecule has 0 atom stereocenters. The van der Waals surface area contributed by atoms with Gasteiger partial charge in [-0.3, -0.25) is 0 Å². The van der Waals surface area contributed by atoms with Gasteiger partial charge in [-0.05, 0) is 152 Å². The normalized spacial score (nSPS) is 11.5. The molecule has 68 heavy (non-hydrogen) atoms. The van der Waals surface area contributed by atoms with E-state index in [1.165, 1.54) is 88.1 Å². The molecule has 0 fully saturated rings. The number of rotatable bonds is 8. The van der Waals surface area contributed by atoms with Gasteiger partial charge in [0.15, 0.2) is 0 Å². The van der Waals surface area contributed by atoms with E-state index in [2.05, 4.69) is 276 Å². The molecule has 0 radical (unpaired) electrons. The van der Waals surface area contributed by atoms with Gasteiger partial charge in [0.1, 0.15) is 0 Å². The SMILES string of the molecule is c1ccc(-c2cccc(-c3cc(-c4ccc5c6cc(-c7ccccc7)ccc6n(-c6ccccc6)c5c4)cc(-c4ccc5c6cc(-c7ccccc7)ccc6n(-c6ccccc6)c5c4)c3)c2)cc1. The van der Waals surface area contributed by atoms with Gasteiger partial charge < -0.3 is 9.13 Å². The molecule has 0 amide bonds. The van der Waals surface area contributed by atoms with E-state index in [4.69, 9.17) is 0 Å². The van der Waals surface area contributed by atoms with E-state index in [1.807, 2.05) is 0 Å². The number of para-hydroxylation sites is 2. The molecule has 0 N–H and O–H groups in total. The van der Waals surface area contributed by atoms with Crippen molar-refractivity contribution in [1.82, 2.24) is 9.13 Å². The Labute approximate surface area is 395 Å². The Balaban J connectivity index is 1.03. The van der Waals surface area contributed by atoms with Crippen molar-refractivity contribution in [2.75, 3.05) is 0 Å². The predicted octanol–water partition coefficient (Wildman–Crippen LogP) is 17.9. The van der Waals surface area contributed by atoms with Gasteiger partial charge >= 0.3 is 0 Å². The summed E-state index contributed by atoms with van der Waals surface area (Å²) in [6.07, 6.45) is 0. The molecule has 2 heteroatoms. The van der Waals surface area contributed by atoms with Gasteiger partial charge in [0, 0.05) is 32.9 Å². The molecule has 0 bridgehead atoms. The number of fused-ring (bicyclic) bond motifs is 6. The lowest BCUT2D eigenvalue weighted by atomic mass is 9.91. The first-order valence-electron chi connectivity index (χ1n) is 23.4. The van der Waals surface area contributed by atoms with E-state index in [-0.39, 0.29) is 0 Å². The summed E-state index contributed by atoms with van der Waals surface area (Å²) in [5, 5.41) is 4.93. The van der Waals surface area contributed by atoms with Crippen LogP contribution in [-0.4, -0.2) is 9.13 Å². The molecule has 0 aliphatic heterocycles. The van der Waals surface area contributed by atoms with Gasteiger partial charge in [-0.1, -0.05) is 182 Å². The highest BCUT2D eigenvalue weighted by atomic mass is 15.0. The lowest BCUT2D eigenvalue weighted by Crippen LogP contribution is -1.94. The van der Waals surface area contributed by atoms with Crippen LogP contribution in [0.4, 0.5) is 0 Å². The molecule has 0 saturated heterocycles. The van der Waals surface area contributed by atoms with Crippen LogP contribution in [0.2, 0.25) is 0 Å². The maximum Gasteiger partial charge on any atom is 0.0547 e. The highest BCUT2D eigenvalue weighted by Crippen LogP contribution is 2.42. The average molecular weight is 865 g/mol. The van der Waals surface area contributed by atoms with Crippen LogP contribution in [0.1, 0.15) is 0 Å². The molecule has 318 valence electrons. The first-order chi connectivity index (χ1) is 33.7. The summed E-state index contributed by atoms with van der Waals surface area (Å²) in [4.78, 5) is 0. The Kier molecular flexibility index (Phi) is 9.54. The molecular weight excluding hydrogens is 821 g/mol. The van der Waals surface area contributed by atoms with Crippen LogP contribution in [-0.2, 0) is 0 Å². The number of nitrogens with zero attached hydrogens (tertiary/aromatic N) is 2. The smallest absolute Gasteiger partial charge is 0.0547 e. The molecule has 2 heterocycles. The van der Waals surface area contributed by atoms with Gasteiger partial charge in [-0.25, -0.2) is 0 Å². The first kappa shape index (κ1) is 39.4. The minimum Gasteiger partial charge on any atom is -0.309 e. The van der Waals surface area contributed by atoms with Crippen molar-refractivity contribution in [2.45, 2.75) is 0 Å². The van der Waals surface area contributed by atoms with Crippen molar-refractivity contribution < 1.29 is 0 Å². The van der Waals surface area contributed by atoms with E-state index in [0.717, 1.165) is 33.6 Å². The van der Waals surface area contributed by atoms with Gasteiger partial charge in [0.2, 0.25) is 0 Å². The molecular formula is C66H44N2. The zero-order chi connectivity index (χ0) is 45.0. The molecule has 0 spiro atoms. The van der Waals surface area contributed by atoms with E-state index < -0.39 is 0 Å². The highest BCUT2D eigenvalue weighted by molar-refractivity contribution is 6.13. The summed E-state index contributed by atoms with van der Waals surface area (Å²) in [6, 6.07) is 97.6. The highest BCUT2D eigenvalue weighted by Gasteiger charge is 2.18. The van der Waals surface area contributed by atoms with Crippen LogP contribution in [0, 0.1) is 0 Å². The molecule has 11 aromatic carbocycles. The summed E-state index contributed by atoms with van der Waals surface area (Å²) in [5.74, 6) is 0. The maximum absolute atomic E-state index is 2.43. The third kappa shape index (κ3) is 6.90. The van der Waals surface area contributed by atoms with Crippen LogP contribution >= 0.6 is 0 Å². The second-order valence-corrected chi connectivity index (χ2v) is 17.7. The molecule has 2 aromatic heterocycles. The van der Waals surface area contributed by atoms with Crippen molar-refractivity contribution in [3.8, 4) is 78.1 Å². The predicted molar refractivity (Wildman–Crippen MR) is 288 cm³/mol. The van der Waals surface area contributed by atoms with E-state index in [9.17, 15) is 0 Å². The van der Waals surface area contributed by atoms with Crippen molar-refractivity contribution in [1.29, 1.82) is 0 Å². The summed E-state index contributed by atoms with van der Waals surface area (Å²) in [7, 11) is 0. The number of hydrogen-bond acceptors (Lipinski definition) is 0. The lowest BCUT2D eigenvalue weighted by molar-refractivity contribution is 1.18. The van der Waals surface area contributed by atoms with Crippen molar-refractivity contribution >= 4 is 43.6 Å². The summed E-state index contributed by atoms with van der Waals surface area (Å²) in [6.45, 7) is 0. The van der Waals surface area contributed by atoms with Crippen LogP contribution in [0.25, 0.3) is 122 Å². The van der Waals surface area contributed by atoms with Gasteiger partial charge in [0.25, 0.3) is 0 Å². The van der Waals surface area contributed by atoms with Gasteiger partial charge in [0.05, 0.1) is 22.1 Å². The number of aromatic nitrogens is 2. The summed E-state index contributed by atoms with van der Waals surface area (Å²) in [5.41, 5.74) is 21.3. The minimum atomic E-state index is 1.14. The van der Waals surface area contributed by atoms with Crippen LogP contribution in [0.15, 0.2) is 267 Å². The van der Waals surface area contributed by atoms with Crippen molar-refractivity contribution in [2.24, 2.45) is 0 Å². The summed E-state index contributed by atoms with van der Waals surface area (Å²) < 4.78 is 4.85. The molecule has 2 nitrogen and oxygen atoms in total. The fourth-order valence-corrected chi connectivity index (χ4v) is 10.4. The summed E-state index contributed by atoms with van der Waals surface area (Å²) >= 11 is 0. The zero-order valence-corrected chi connectivity index (χ0v) is 37.3. The Morgan fingerprint density at radius 1 is 0.162 bits per heavy atom. The molecule has 13 rings (SSSR count). The van der Waals surface area contributed by atoms with Crippen molar-refractivity contribution in [3.05, 3.63) is 267 Å². The second kappa shape index (κ2) is 16.5. The van der Waals surface area contributed by atoms with Crippen molar-refractivity contribution in [3.63, 3.8) is 0 Å². The van der Waals surface area contributed by atoms with Gasteiger partial charge in [-0.2, -0.15) is 0 Å². The third-order valence-corrected chi connectivity index (χ3v) is 13.7. The third-order valence-electron chi connectivity index (χ3n) is 13.7. The average Bonchev–Trinajstić information content (AvgIpc) is 3.93. The molecule has 0 saturated carbocycles. The Morgan fingerprint density at radius 2 is 0.456 bits per heavy atom. The quantitative estimate of drug-likeness (QED) is 0.144.